The number of fused-ring (bicyclic) bond motifs is 1. The van der Waals surface area contributed by atoms with Gasteiger partial charge in [0.2, 0.25) is 5.91 Å². The lowest BCUT2D eigenvalue weighted by Crippen LogP contribution is -2.14. The van der Waals surface area contributed by atoms with Crippen LogP contribution in [0.1, 0.15) is 6.42 Å². The van der Waals surface area contributed by atoms with Gasteiger partial charge in [-0.2, -0.15) is 5.10 Å². The highest BCUT2D eigenvalue weighted by Gasteiger charge is 2.07. The molecule has 4 nitrogen and oxygen atoms in total. The monoisotopic (exact) mass is 343 g/mol. The number of benzene rings is 2. The van der Waals surface area contributed by atoms with Crippen LogP contribution in [0.25, 0.3) is 10.8 Å². The summed E-state index contributed by atoms with van der Waals surface area (Å²) < 4.78 is 2.77. The molecule has 1 amide bonds. The number of anilines is 1. The van der Waals surface area contributed by atoms with Crippen LogP contribution in [0, 0.1) is 0 Å². The second-order valence-corrected chi connectivity index (χ2v) is 5.56. The summed E-state index contributed by atoms with van der Waals surface area (Å²) in [6.45, 7) is 0.577. The van der Waals surface area contributed by atoms with Gasteiger partial charge in [0, 0.05) is 40.9 Å². The number of carbonyl (C=O) groups is 1. The lowest BCUT2D eigenvalue weighted by molar-refractivity contribution is -0.116. The third kappa shape index (κ3) is 3.13. The van der Waals surface area contributed by atoms with Crippen LogP contribution in [-0.2, 0) is 11.3 Å². The van der Waals surface area contributed by atoms with E-state index in [1.54, 1.807) is 10.9 Å². The van der Waals surface area contributed by atoms with Gasteiger partial charge >= 0.3 is 0 Å². The quantitative estimate of drug-likeness (QED) is 0.782. The van der Waals surface area contributed by atoms with Crippen molar-refractivity contribution in [1.82, 2.24) is 9.78 Å². The number of hydrogen-bond acceptors (Lipinski definition) is 2. The Labute approximate surface area is 130 Å². The zero-order valence-electron chi connectivity index (χ0n) is 11.3. The maximum atomic E-state index is 12.1. The van der Waals surface area contributed by atoms with Gasteiger partial charge in [-0.3, -0.25) is 9.48 Å². The summed E-state index contributed by atoms with van der Waals surface area (Å²) in [5, 5.41) is 9.17. The summed E-state index contributed by atoms with van der Waals surface area (Å²) in [7, 11) is 0. The van der Waals surface area contributed by atoms with E-state index in [9.17, 15) is 4.79 Å². The first kappa shape index (κ1) is 13.8. The van der Waals surface area contributed by atoms with E-state index in [4.69, 9.17) is 0 Å². The van der Waals surface area contributed by atoms with Crippen molar-refractivity contribution >= 4 is 38.3 Å². The summed E-state index contributed by atoms with van der Waals surface area (Å²) in [4.78, 5) is 12.1. The van der Waals surface area contributed by atoms with Gasteiger partial charge in [0.1, 0.15) is 0 Å². The summed E-state index contributed by atoms with van der Waals surface area (Å²) in [6, 6.07) is 13.7. The van der Waals surface area contributed by atoms with Gasteiger partial charge in [-0.15, -0.1) is 0 Å². The largest absolute Gasteiger partial charge is 0.325 e. The molecule has 21 heavy (non-hydrogen) atoms. The molecule has 1 aromatic heterocycles. The Hall–Kier alpha value is -2.14. The molecule has 0 aliphatic heterocycles. The van der Waals surface area contributed by atoms with Gasteiger partial charge in [0.25, 0.3) is 0 Å². The van der Waals surface area contributed by atoms with Gasteiger partial charge in [0.05, 0.1) is 0 Å². The van der Waals surface area contributed by atoms with Crippen molar-refractivity contribution in [3.05, 3.63) is 59.3 Å². The van der Waals surface area contributed by atoms with E-state index in [1.807, 2.05) is 48.7 Å². The second-order valence-electron chi connectivity index (χ2n) is 4.71. The molecule has 0 radical (unpaired) electrons. The Balaban J connectivity index is 1.75. The molecule has 0 bridgehead atoms. The van der Waals surface area contributed by atoms with Gasteiger partial charge in [-0.05, 0) is 23.6 Å². The molecule has 2 aromatic carbocycles. The fraction of sp³-hybridized carbons (Fsp3) is 0.125. The van der Waals surface area contributed by atoms with Crippen LogP contribution in [-0.4, -0.2) is 15.7 Å². The maximum Gasteiger partial charge on any atom is 0.226 e. The molecule has 0 spiro atoms. The second kappa shape index (κ2) is 6.10. The minimum atomic E-state index is -0.0158. The predicted molar refractivity (Wildman–Crippen MR) is 87.1 cm³/mol. The van der Waals surface area contributed by atoms with E-state index in [-0.39, 0.29) is 5.91 Å². The number of rotatable bonds is 4. The van der Waals surface area contributed by atoms with Crippen molar-refractivity contribution in [2.45, 2.75) is 13.0 Å². The highest BCUT2D eigenvalue weighted by molar-refractivity contribution is 9.10. The summed E-state index contributed by atoms with van der Waals surface area (Å²) in [5.74, 6) is -0.0158. The fourth-order valence-corrected chi connectivity index (χ4v) is 2.71. The molecule has 3 aromatic rings. The van der Waals surface area contributed by atoms with Crippen molar-refractivity contribution in [3.8, 4) is 0 Å². The van der Waals surface area contributed by atoms with Crippen LogP contribution in [0.2, 0.25) is 0 Å². The third-order valence-electron chi connectivity index (χ3n) is 3.27. The third-order valence-corrected chi connectivity index (χ3v) is 3.96. The molecule has 5 heteroatoms. The summed E-state index contributed by atoms with van der Waals surface area (Å²) in [6.07, 6.45) is 3.95. The molecule has 0 atom stereocenters. The molecular weight excluding hydrogens is 330 g/mol. The molecule has 0 unspecified atom stereocenters. The number of aromatic nitrogens is 2. The molecule has 106 valence electrons. The number of nitrogens with zero attached hydrogens (tertiary/aromatic N) is 2. The SMILES string of the molecule is O=C(CCn1cccn1)Nc1ccc(Br)c2ccccc12. The minimum absolute atomic E-state index is 0.0158. The highest BCUT2D eigenvalue weighted by atomic mass is 79.9. The average molecular weight is 344 g/mol. The van der Waals surface area contributed by atoms with E-state index in [2.05, 4.69) is 26.3 Å². The Kier molecular flexibility index (Phi) is 4.01. The molecule has 1 N–H and O–H groups in total. The number of halogens is 1. The number of hydrogen-bond donors (Lipinski definition) is 1. The number of carbonyl (C=O) groups excluding carboxylic acids is 1. The molecule has 0 fully saturated rings. The summed E-state index contributed by atoms with van der Waals surface area (Å²) in [5.41, 5.74) is 0.833. The van der Waals surface area contributed by atoms with Crippen LogP contribution in [0.5, 0.6) is 0 Å². The summed E-state index contributed by atoms with van der Waals surface area (Å²) >= 11 is 3.53. The average Bonchev–Trinajstić information content (AvgIpc) is 3.02. The van der Waals surface area contributed by atoms with E-state index >= 15 is 0 Å². The van der Waals surface area contributed by atoms with E-state index in [0.29, 0.717) is 13.0 Å². The standard InChI is InChI=1S/C16H14BrN3O/c17-14-6-7-15(13-5-2-1-4-12(13)14)19-16(21)8-11-20-10-3-9-18-20/h1-7,9-10H,8,11H2,(H,19,21). The zero-order chi connectivity index (χ0) is 14.7. The zero-order valence-corrected chi connectivity index (χ0v) is 12.9. The predicted octanol–water partition coefficient (Wildman–Crippen LogP) is 3.83. The highest BCUT2D eigenvalue weighted by Crippen LogP contribution is 2.29. The van der Waals surface area contributed by atoms with Crippen LogP contribution >= 0.6 is 15.9 Å². The first-order valence-corrected chi connectivity index (χ1v) is 7.48. The van der Waals surface area contributed by atoms with Gasteiger partial charge < -0.3 is 5.32 Å². The normalized spacial score (nSPS) is 10.7. The smallest absolute Gasteiger partial charge is 0.226 e. The topological polar surface area (TPSA) is 46.9 Å². The first-order chi connectivity index (χ1) is 10.2. The van der Waals surface area contributed by atoms with Crippen LogP contribution in [0.15, 0.2) is 59.3 Å². The van der Waals surface area contributed by atoms with Crippen molar-refractivity contribution in [2.24, 2.45) is 0 Å². The van der Waals surface area contributed by atoms with Gasteiger partial charge in [-0.1, -0.05) is 40.2 Å². The molecule has 0 aliphatic rings. The molecule has 0 saturated heterocycles. The molecule has 0 saturated carbocycles. The number of nitrogens with one attached hydrogen (secondary N) is 1. The Morgan fingerprint density at radius 1 is 1.14 bits per heavy atom. The van der Waals surface area contributed by atoms with Crippen LogP contribution < -0.4 is 5.32 Å². The van der Waals surface area contributed by atoms with Crippen LogP contribution in [0.3, 0.4) is 0 Å². The van der Waals surface area contributed by atoms with E-state index in [0.717, 1.165) is 20.9 Å². The Morgan fingerprint density at radius 2 is 1.95 bits per heavy atom. The first-order valence-electron chi connectivity index (χ1n) is 6.68. The minimum Gasteiger partial charge on any atom is -0.325 e. The molecule has 0 aliphatic carbocycles. The van der Waals surface area contributed by atoms with E-state index < -0.39 is 0 Å². The van der Waals surface area contributed by atoms with E-state index in [1.165, 1.54) is 0 Å². The van der Waals surface area contributed by atoms with Gasteiger partial charge in [0.15, 0.2) is 0 Å². The van der Waals surface area contributed by atoms with Crippen molar-refractivity contribution < 1.29 is 4.79 Å². The molecule has 3 rings (SSSR count). The lowest BCUT2D eigenvalue weighted by atomic mass is 10.1. The Morgan fingerprint density at radius 3 is 2.71 bits per heavy atom. The van der Waals surface area contributed by atoms with Crippen molar-refractivity contribution in [3.63, 3.8) is 0 Å². The molecule has 1 heterocycles. The Bertz CT molecular complexity index is 768. The molecular formula is C16H14BrN3O. The number of aryl methyl sites for hydroxylation is 1. The number of amides is 1. The lowest BCUT2D eigenvalue weighted by Gasteiger charge is -2.10. The van der Waals surface area contributed by atoms with Gasteiger partial charge in [-0.25, -0.2) is 0 Å². The maximum absolute atomic E-state index is 12.1. The fourth-order valence-electron chi connectivity index (χ4n) is 2.23. The van der Waals surface area contributed by atoms with Crippen molar-refractivity contribution in [1.29, 1.82) is 0 Å². The van der Waals surface area contributed by atoms with Crippen molar-refractivity contribution in [2.75, 3.05) is 5.32 Å². The van der Waals surface area contributed by atoms with Crippen LogP contribution in [0.4, 0.5) is 5.69 Å².